The second kappa shape index (κ2) is 2.12. The van der Waals surface area contributed by atoms with Crippen molar-refractivity contribution in [2.45, 2.75) is 6.92 Å². The van der Waals surface area contributed by atoms with Crippen LogP contribution in [0.25, 0.3) is 0 Å². The third-order valence-electron chi connectivity index (χ3n) is 0.980. The maximum atomic E-state index is 5.74. The molecular formula is C5H6BClS. The van der Waals surface area contributed by atoms with E-state index in [9.17, 15) is 0 Å². The predicted molar refractivity (Wildman–Crippen MR) is 42.2 cm³/mol. The van der Waals surface area contributed by atoms with Crippen LogP contribution in [0.1, 0.15) is 4.88 Å². The zero-order valence-electron chi connectivity index (χ0n) is 4.86. The standard InChI is InChI=1S/C5H6BClS/c1-3-2-4(7)5(6)8-3/h2H,6H2,1H3. The summed E-state index contributed by atoms with van der Waals surface area (Å²) in [6.07, 6.45) is 0. The van der Waals surface area contributed by atoms with Crippen LogP contribution in [0.2, 0.25) is 5.02 Å². The van der Waals surface area contributed by atoms with Crippen LogP contribution in [-0.2, 0) is 0 Å². The van der Waals surface area contributed by atoms with Gasteiger partial charge < -0.3 is 0 Å². The minimum absolute atomic E-state index is 0.896. The van der Waals surface area contributed by atoms with Gasteiger partial charge in [-0.25, -0.2) is 0 Å². The molecule has 0 spiro atoms. The first-order valence-electron chi connectivity index (χ1n) is 2.42. The average molecular weight is 144 g/mol. The molecule has 0 atom stereocenters. The number of hydrogen-bond donors (Lipinski definition) is 0. The summed E-state index contributed by atoms with van der Waals surface area (Å²) in [5, 5.41) is 0.896. The molecule has 0 fully saturated rings. The van der Waals surface area contributed by atoms with Gasteiger partial charge >= 0.3 is 0 Å². The summed E-state index contributed by atoms with van der Waals surface area (Å²) in [5.41, 5.74) is 0. The van der Waals surface area contributed by atoms with E-state index in [0.29, 0.717) is 0 Å². The van der Waals surface area contributed by atoms with Crippen molar-refractivity contribution in [1.29, 1.82) is 0 Å². The van der Waals surface area contributed by atoms with E-state index in [1.807, 2.05) is 13.9 Å². The third kappa shape index (κ3) is 1.06. The van der Waals surface area contributed by atoms with Crippen LogP contribution in [0.3, 0.4) is 0 Å². The lowest BCUT2D eigenvalue weighted by Crippen LogP contribution is -1.92. The first kappa shape index (κ1) is 6.18. The Morgan fingerprint density at radius 3 is 2.50 bits per heavy atom. The molecule has 3 heteroatoms. The Kier molecular flexibility index (Phi) is 1.63. The fourth-order valence-electron chi connectivity index (χ4n) is 0.600. The van der Waals surface area contributed by atoms with Crippen molar-refractivity contribution in [2.75, 3.05) is 0 Å². The highest BCUT2D eigenvalue weighted by Gasteiger charge is 1.95. The van der Waals surface area contributed by atoms with Crippen LogP contribution in [0.4, 0.5) is 0 Å². The quantitative estimate of drug-likeness (QED) is 0.476. The zero-order valence-corrected chi connectivity index (χ0v) is 6.44. The van der Waals surface area contributed by atoms with E-state index in [-0.39, 0.29) is 0 Å². The fraction of sp³-hybridized carbons (Fsp3) is 0.200. The molecule has 0 aromatic carbocycles. The largest absolute Gasteiger partial charge is 0.155 e. The molecule has 0 aliphatic heterocycles. The van der Waals surface area contributed by atoms with E-state index in [4.69, 9.17) is 11.6 Å². The molecular weight excluding hydrogens is 138 g/mol. The van der Waals surface area contributed by atoms with E-state index in [1.165, 1.54) is 9.65 Å². The summed E-state index contributed by atoms with van der Waals surface area (Å²) >= 11 is 7.48. The van der Waals surface area contributed by atoms with Gasteiger partial charge in [0.25, 0.3) is 0 Å². The second-order valence-electron chi connectivity index (χ2n) is 1.76. The smallest absolute Gasteiger partial charge is 0.154 e. The molecule has 42 valence electrons. The lowest BCUT2D eigenvalue weighted by Gasteiger charge is -1.76. The average Bonchev–Trinajstić information content (AvgIpc) is 1.85. The van der Waals surface area contributed by atoms with Gasteiger partial charge in [-0.05, 0) is 17.8 Å². The predicted octanol–water partition coefficient (Wildman–Crippen LogP) is 0.968. The van der Waals surface area contributed by atoms with Gasteiger partial charge in [0.05, 0.1) is 0 Å². The lowest BCUT2D eigenvalue weighted by molar-refractivity contribution is 1.64. The minimum Gasteiger partial charge on any atom is -0.155 e. The van der Waals surface area contributed by atoms with Gasteiger partial charge in [0.15, 0.2) is 7.85 Å². The van der Waals surface area contributed by atoms with Crippen molar-refractivity contribution in [2.24, 2.45) is 0 Å². The molecule has 0 saturated carbocycles. The Morgan fingerprint density at radius 1 is 1.75 bits per heavy atom. The van der Waals surface area contributed by atoms with E-state index in [0.717, 1.165) is 5.02 Å². The summed E-state index contributed by atoms with van der Waals surface area (Å²) in [6, 6.07) is 1.99. The third-order valence-corrected chi connectivity index (χ3v) is 2.45. The number of thiophene rings is 1. The molecule has 1 heterocycles. The van der Waals surface area contributed by atoms with Crippen molar-refractivity contribution in [1.82, 2.24) is 0 Å². The van der Waals surface area contributed by atoms with Crippen molar-refractivity contribution < 1.29 is 0 Å². The first-order valence-corrected chi connectivity index (χ1v) is 3.62. The summed E-state index contributed by atoms with van der Waals surface area (Å²) < 4.78 is 1.21. The topological polar surface area (TPSA) is 0 Å². The maximum Gasteiger partial charge on any atom is 0.154 e. The summed E-state index contributed by atoms with van der Waals surface area (Å²) in [7, 11) is 2.03. The van der Waals surface area contributed by atoms with Crippen LogP contribution in [-0.4, -0.2) is 7.85 Å². The fourth-order valence-corrected chi connectivity index (χ4v) is 1.76. The molecule has 1 rings (SSSR count). The molecule has 0 N–H and O–H groups in total. The first-order chi connectivity index (χ1) is 3.70. The van der Waals surface area contributed by atoms with Crippen LogP contribution in [0.5, 0.6) is 0 Å². The Hall–Kier alpha value is 0.0549. The molecule has 1 aromatic heterocycles. The van der Waals surface area contributed by atoms with E-state index in [2.05, 4.69) is 6.92 Å². The SMILES string of the molecule is Bc1sc(C)cc1Cl. The molecule has 0 amide bonds. The lowest BCUT2D eigenvalue weighted by atomic mass is 10.1. The number of rotatable bonds is 0. The molecule has 0 radical (unpaired) electrons. The van der Waals surface area contributed by atoms with Gasteiger partial charge in [0.2, 0.25) is 0 Å². The van der Waals surface area contributed by atoms with Gasteiger partial charge in [-0.1, -0.05) is 11.6 Å². The highest BCUT2D eigenvalue weighted by atomic mass is 35.5. The number of halogens is 1. The summed E-state index contributed by atoms with van der Waals surface area (Å²) in [5.74, 6) is 0. The van der Waals surface area contributed by atoms with Crippen LogP contribution >= 0.6 is 22.9 Å². The monoisotopic (exact) mass is 144 g/mol. The van der Waals surface area contributed by atoms with Gasteiger partial charge in [0.1, 0.15) is 0 Å². The van der Waals surface area contributed by atoms with E-state index in [1.54, 1.807) is 11.3 Å². The maximum absolute atomic E-state index is 5.74. The van der Waals surface area contributed by atoms with Crippen molar-refractivity contribution in [3.63, 3.8) is 0 Å². The number of hydrogen-bond acceptors (Lipinski definition) is 1. The minimum atomic E-state index is 0.896. The van der Waals surface area contributed by atoms with Gasteiger partial charge in [0, 0.05) is 9.90 Å². The van der Waals surface area contributed by atoms with E-state index < -0.39 is 0 Å². The molecule has 0 aliphatic carbocycles. The van der Waals surface area contributed by atoms with E-state index >= 15 is 0 Å². The molecule has 0 bridgehead atoms. The number of aryl methyl sites for hydroxylation is 1. The van der Waals surface area contributed by atoms with Crippen LogP contribution < -0.4 is 4.78 Å². The van der Waals surface area contributed by atoms with Crippen molar-refractivity contribution >= 4 is 35.6 Å². The molecule has 0 saturated heterocycles. The summed E-state index contributed by atoms with van der Waals surface area (Å²) in [6.45, 7) is 2.06. The van der Waals surface area contributed by atoms with Crippen molar-refractivity contribution in [3.05, 3.63) is 16.0 Å². The molecule has 0 nitrogen and oxygen atoms in total. The zero-order chi connectivity index (χ0) is 6.15. The highest BCUT2D eigenvalue weighted by Crippen LogP contribution is 2.13. The Balaban J connectivity index is 3.14. The van der Waals surface area contributed by atoms with Crippen molar-refractivity contribution in [3.8, 4) is 0 Å². The molecule has 1 aromatic rings. The van der Waals surface area contributed by atoms with Crippen LogP contribution in [0, 0.1) is 6.92 Å². The van der Waals surface area contributed by atoms with Crippen LogP contribution in [0.15, 0.2) is 6.07 Å². The highest BCUT2D eigenvalue weighted by molar-refractivity contribution is 7.20. The van der Waals surface area contributed by atoms with Gasteiger partial charge in [-0.3, -0.25) is 0 Å². The molecule has 0 aliphatic rings. The second-order valence-corrected chi connectivity index (χ2v) is 3.63. The normalized spacial score (nSPS) is 9.75. The molecule has 0 unspecified atom stereocenters. The Labute approximate surface area is 58.9 Å². The Morgan fingerprint density at radius 2 is 2.38 bits per heavy atom. The van der Waals surface area contributed by atoms with Gasteiger partial charge in [-0.2, -0.15) is 11.3 Å². The van der Waals surface area contributed by atoms with Gasteiger partial charge in [-0.15, -0.1) is 0 Å². The Bertz CT molecular complexity index is 175. The molecule has 8 heavy (non-hydrogen) atoms. The summed E-state index contributed by atoms with van der Waals surface area (Å²) in [4.78, 5) is 1.28.